The second-order valence-corrected chi connectivity index (χ2v) is 7.76. The van der Waals surface area contributed by atoms with Gasteiger partial charge in [-0.2, -0.15) is 0 Å². The van der Waals surface area contributed by atoms with E-state index in [9.17, 15) is 9.59 Å². The second kappa shape index (κ2) is 7.23. The number of hydrogen-bond acceptors (Lipinski definition) is 3. The summed E-state index contributed by atoms with van der Waals surface area (Å²) in [5.41, 5.74) is 8.19. The van der Waals surface area contributed by atoms with Crippen molar-refractivity contribution in [3.8, 4) is 0 Å². The van der Waals surface area contributed by atoms with E-state index in [4.69, 9.17) is 10.7 Å². The van der Waals surface area contributed by atoms with Crippen LogP contribution in [0.5, 0.6) is 0 Å². The third-order valence-electron chi connectivity index (χ3n) is 5.81. The molecule has 1 atom stereocenters. The Bertz CT molecular complexity index is 913. The molecule has 1 aliphatic carbocycles. The van der Waals surface area contributed by atoms with Crippen LogP contribution in [0.25, 0.3) is 0 Å². The lowest BCUT2D eigenvalue weighted by atomic mass is 9.86. The summed E-state index contributed by atoms with van der Waals surface area (Å²) in [6.07, 6.45) is 4.59. The zero-order valence-electron chi connectivity index (χ0n) is 16.1. The molecular formula is C23H25N3O2. The highest BCUT2D eigenvalue weighted by atomic mass is 16.2. The van der Waals surface area contributed by atoms with Crippen molar-refractivity contribution >= 4 is 17.5 Å². The fourth-order valence-electron chi connectivity index (χ4n) is 4.41. The van der Waals surface area contributed by atoms with Crippen molar-refractivity contribution in [2.45, 2.75) is 50.7 Å². The minimum absolute atomic E-state index is 0.211. The van der Waals surface area contributed by atoms with Gasteiger partial charge < -0.3 is 5.73 Å². The van der Waals surface area contributed by atoms with Gasteiger partial charge in [-0.1, -0.05) is 66.6 Å². The van der Waals surface area contributed by atoms with Crippen LogP contribution in [0.2, 0.25) is 0 Å². The van der Waals surface area contributed by atoms with Gasteiger partial charge in [0.15, 0.2) is 0 Å². The van der Waals surface area contributed by atoms with Crippen LogP contribution in [0.1, 0.15) is 54.8 Å². The molecule has 2 N–H and O–H groups in total. The number of carbonyl (C=O) groups is 2. The van der Waals surface area contributed by atoms with E-state index in [0.29, 0.717) is 5.71 Å². The van der Waals surface area contributed by atoms with Crippen LogP contribution in [-0.2, 0) is 9.59 Å². The Morgan fingerprint density at radius 3 is 2.29 bits per heavy atom. The Kier molecular flexibility index (Phi) is 4.75. The highest BCUT2D eigenvalue weighted by Crippen LogP contribution is 2.44. The van der Waals surface area contributed by atoms with Gasteiger partial charge >= 0.3 is 0 Å². The second-order valence-electron chi connectivity index (χ2n) is 7.76. The Labute approximate surface area is 165 Å². The van der Waals surface area contributed by atoms with Crippen molar-refractivity contribution in [1.29, 1.82) is 0 Å². The van der Waals surface area contributed by atoms with Crippen molar-refractivity contribution in [2.24, 2.45) is 10.7 Å². The normalized spacial score (nSPS) is 19.5. The van der Waals surface area contributed by atoms with Gasteiger partial charge in [-0.05, 0) is 38.2 Å². The van der Waals surface area contributed by atoms with Gasteiger partial charge in [-0.15, -0.1) is 0 Å². The first-order chi connectivity index (χ1) is 13.5. The molecule has 2 aromatic carbocycles. The van der Waals surface area contributed by atoms with Crippen LogP contribution in [0, 0.1) is 6.92 Å². The van der Waals surface area contributed by atoms with E-state index in [1.54, 1.807) is 4.90 Å². The summed E-state index contributed by atoms with van der Waals surface area (Å²) in [6.45, 7) is 1.99. The molecule has 5 heteroatoms. The summed E-state index contributed by atoms with van der Waals surface area (Å²) in [7, 11) is 0. The molecule has 1 fully saturated rings. The van der Waals surface area contributed by atoms with Gasteiger partial charge in [0.25, 0.3) is 5.91 Å². The molecule has 0 saturated heterocycles. The topological polar surface area (TPSA) is 75.8 Å². The maximum atomic E-state index is 13.6. The monoisotopic (exact) mass is 375 g/mol. The molecule has 1 saturated carbocycles. The van der Waals surface area contributed by atoms with E-state index >= 15 is 0 Å². The van der Waals surface area contributed by atoms with E-state index in [2.05, 4.69) is 0 Å². The third-order valence-corrected chi connectivity index (χ3v) is 5.81. The molecule has 2 aromatic rings. The number of nitrogens with two attached hydrogens (primary N) is 1. The van der Waals surface area contributed by atoms with Gasteiger partial charge in [0, 0.05) is 5.56 Å². The number of amides is 2. The van der Waals surface area contributed by atoms with Gasteiger partial charge in [0.05, 0.1) is 0 Å². The first kappa shape index (κ1) is 18.4. The Balaban J connectivity index is 1.82. The molecule has 5 nitrogen and oxygen atoms in total. The number of nitrogens with zero attached hydrogens (tertiary/aromatic N) is 2. The number of primary amides is 1. The van der Waals surface area contributed by atoms with Crippen LogP contribution in [0.15, 0.2) is 59.6 Å². The Hall–Kier alpha value is -2.95. The summed E-state index contributed by atoms with van der Waals surface area (Å²) in [6, 6.07) is 16.3. The van der Waals surface area contributed by atoms with Gasteiger partial charge in [0.1, 0.15) is 17.4 Å². The molecule has 1 spiro atoms. The van der Waals surface area contributed by atoms with Crippen molar-refractivity contribution in [3.05, 3.63) is 71.3 Å². The average Bonchev–Trinajstić information content (AvgIpc) is 2.97. The zero-order valence-corrected chi connectivity index (χ0v) is 16.1. The summed E-state index contributed by atoms with van der Waals surface area (Å²) >= 11 is 0. The molecule has 2 aliphatic rings. The fourth-order valence-corrected chi connectivity index (χ4v) is 4.41. The van der Waals surface area contributed by atoms with Crippen molar-refractivity contribution in [1.82, 2.24) is 4.90 Å². The lowest BCUT2D eigenvalue weighted by Crippen LogP contribution is -2.53. The predicted octanol–water partition coefficient (Wildman–Crippen LogP) is 3.51. The van der Waals surface area contributed by atoms with E-state index in [1.165, 1.54) is 0 Å². The van der Waals surface area contributed by atoms with E-state index in [-0.39, 0.29) is 5.91 Å². The average molecular weight is 375 g/mol. The van der Waals surface area contributed by atoms with Crippen molar-refractivity contribution in [3.63, 3.8) is 0 Å². The first-order valence-electron chi connectivity index (χ1n) is 9.87. The van der Waals surface area contributed by atoms with E-state index in [0.717, 1.165) is 48.8 Å². The number of benzene rings is 2. The standard InChI is InChI=1S/C23H25N3O2/c1-16-10-12-18(13-11-16)20(21(24)27)26-22(28)19(17-8-4-2-5-9-17)25-23(26)14-6-3-7-15-23/h2,4-5,8-13,20H,3,6-7,14-15H2,1H3,(H2,24,27). The minimum Gasteiger partial charge on any atom is -0.368 e. The summed E-state index contributed by atoms with van der Waals surface area (Å²) in [5, 5.41) is 0. The van der Waals surface area contributed by atoms with Crippen LogP contribution in [0.4, 0.5) is 0 Å². The smallest absolute Gasteiger partial charge is 0.275 e. The van der Waals surface area contributed by atoms with Crippen LogP contribution in [-0.4, -0.2) is 28.1 Å². The molecule has 1 aliphatic heterocycles. The number of rotatable bonds is 4. The summed E-state index contributed by atoms with van der Waals surface area (Å²) in [4.78, 5) is 32.7. The Morgan fingerprint density at radius 1 is 1.04 bits per heavy atom. The molecule has 1 unspecified atom stereocenters. The molecule has 4 rings (SSSR count). The predicted molar refractivity (Wildman–Crippen MR) is 109 cm³/mol. The molecule has 0 radical (unpaired) electrons. The highest BCUT2D eigenvalue weighted by molar-refractivity contribution is 6.47. The van der Waals surface area contributed by atoms with Crippen LogP contribution >= 0.6 is 0 Å². The lowest BCUT2D eigenvalue weighted by molar-refractivity contribution is -0.141. The van der Waals surface area contributed by atoms with Crippen molar-refractivity contribution in [2.75, 3.05) is 0 Å². The van der Waals surface area contributed by atoms with E-state index in [1.807, 2.05) is 61.5 Å². The third kappa shape index (κ3) is 3.11. The molecule has 0 bridgehead atoms. The first-order valence-corrected chi connectivity index (χ1v) is 9.87. The van der Waals surface area contributed by atoms with Crippen LogP contribution < -0.4 is 5.73 Å². The number of aryl methyl sites for hydroxylation is 1. The number of carbonyl (C=O) groups excluding carboxylic acids is 2. The summed E-state index contributed by atoms with van der Waals surface area (Å²) < 4.78 is 0. The van der Waals surface area contributed by atoms with E-state index < -0.39 is 17.6 Å². The number of hydrogen-bond donors (Lipinski definition) is 1. The van der Waals surface area contributed by atoms with Gasteiger partial charge in [0.2, 0.25) is 5.91 Å². The molecule has 144 valence electrons. The maximum Gasteiger partial charge on any atom is 0.275 e. The summed E-state index contributed by atoms with van der Waals surface area (Å²) in [5.74, 6) is -0.732. The van der Waals surface area contributed by atoms with Crippen molar-refractivity contribution < 1.29 is 9.59 Å². The maximum absolute atomic E-state index is 13.6. The lowest BCUT2D eigenvalue weighted by Gasteiger charge is -2.42. The molecule has 0 aromatic heterocycles. The van der Waals surface area contributed by atoms with Crippen LogP contribution in [0.3, 0.4) is 0 Å². The Morgan fingerprint density at radius 2 is 1.68 bits per heavy atom. The number of aliphatic imine (C=N–C) groups is 1. The van der Waals surface area contributed by atoms with Gasteiger partial charge in [-0.25, -0.2) is 0 Å². The SMILES string of the molecule is Cc1ccc(C(C(N)=O)N2C(=O)C(c3ccccc3)=NC23CCCCC3)cc1. The quantitative estimate of drug-likeness (QED) is 0.888. The highest BCUT2D eigenvalue weighted by Gasteiger charge is 2.52. The molecular weight excluding hydrogens is 350 g/mol. The zero-order chi connectivity index (χ0) is 19.7. The molecule has 2 amide bonds. The van der Waals surface area contributed by atoms with Gasteiger partial charge in [-0.3, -0.25) is 19.5 Å². The fraction of sp³-hybridized carbons (Fsp3) is 0.348. The molecule has 1 heterocycles. The molecule has 28 heavy (non-hydrogen) atoms. The largest absolute Gasteiger partial charge is 0.368 e. The minimum atomic E-state index is -0.823.